The lowest BCUT2D eigenvalue weighted by Crippen LogP contribution is -2.54. The molecule has 0 bridgehead atoms. The van der Waals surface area contributed by atoms with Gasteiger partial charge in [0.15, 0.2) is 23.0 Å². The fraction of sp³-hybridized carbons (Fsp3) is 0.348. The van der Waals surface area contributed by atoms with E-state index in [4.69, 9.17) is 39.8 Å². The lowest BCUT2D eigenvalue weighted by Gasteiger charge is -2.37. The van der Waals surface area contributed by atoms with Gasteiger partial charge in [0.05, 0.1) is 34.7 Å². The molecule has 0 spiro atoms. The van der Waals surface area contributed by atoms with Crippen molar-refractivity contribution in [2.75, 3.05) is 57.4 Å². The number of hydrogen-bond acceptors (Lipinski definition) is 9. The van der Waals surface area contributed by atoms with Crippen LogP contribution >= 0.6 is 0 Å². The molecule has 1 unspecified atom stereocenters. The molecule has 10 nitrogen and oxygen atoms in total. The fourth-order valence-electron chi connectivity index (χ4n) is 3.36. The minimum Gasteiger partial charge on any atom is -0.493 e. The van der Waals surface area contributed by atoms with Crippen LogP contribution in [-0.2, 0) is 4.79 Å². The van der Waals surface area contributed by atoms with E-state index in [1.165, 1.54) is 6.07 Å². The van der Waals surface area contributed by atoms with Gasteiger partial charge < -0.3 is 34.5 Å². The molecule has 2 aliphatic heterocycles. The highest BCUT2D eigenvalue weighted by Gasteiger charge is 2.33. The Morgan fingerprint density at radius 1 is 1.18 bits per heavy atom. The Labute approximate surface area is 206 Å². The predicted molar refractivity (Wildman–Crippen MR) is 122 cm³/mol. The van der Waals surface area contributed by atoms with E-state index in [2.05, 4.69) is 9.97 Å². The third-order valence-electron chi connectivity index (χ3n) is 5.01. The van der Waals surface area contributed by atoms with Gasteiger partial charge >= 0.3 is 0 Å². The predicted octanol–water partition coefficient (Wildman–Crippen LogP) is 1.72. The number of anilines is 2. The van der Waals surface area contributed by atoms with E-state index in [-0.39, 0.29) is 22.5 Å². The molecule has 1 amide bonds. The maximum atomic E-state index is 13.4. The molecule has 2 aliphatic rings. The van der Waals surface area contributed by atoms with Crippen molar-refractivity contribution in [1.29, 1.82) is 0 Å². The van der Waals surface area contributed by atoms with Gasteiger partial charge in [0, 0.05) is 37.5 Å². The maximum absolute atomic E-state index is 13.4. The largest absolute Gasteiger partial charge is 0.493 e. The molecule has 1 saturated heterocycles. The Morgan fingerprint density at radius 2 is 1.91 bits per heavy atom. The van der Waals surface area contributed by atoms with Gasteiger partial charge in [-0.3, -0.25) is 4.79 Å². The van der Waals surface area contributed by atoms with Gasteiger partial charge in [0.25, 0.3) is 5.91 Å². The van der Waals surface area contributed by atoms with E-state index in [1.807, 2.05) is 0 Å². The van der Waals surface area contributed by atoms with Crippen molar-refractivity contribution in [2.45, 2.75) is 6.08 Å². The van der Waals surface area contributed by atoms with Gasteiger partial charge in [0.2, 0.25) is 12.0 Å². The Kier molecular flexibility index (Phi) is 3.05. The Hall–Kier alpha value is -3.95. The number of ether oxygens (including phenoxy) is 4. The molecule has 2 aromatic carbocycles. The molecular weight excluding hydrogens is 426 g/mol. The lowest BCUT2D eigenvalue weighted by atomic mass is 10.2. The number of fused-ring (bicyclic) bond motifs is 2. The first-order valence-electron chi connectivity index (χ1n) is 15.2. The van der Waals surface area contributed by atoms with Crippen molar-refractivity contribution in [3.63, 3.8) is 0 Å². The number of nitrogens with zero attached hydrogens (tertiary/aromatic N) is 4. The third-order valence-corrected chi connectivity index (χ3v) is 5.01. The third kappa shape index (κ3) is 3.88. The number of nitrogens with two attached hydrogens (primary N) is 1. The van der Waals surface area contributed by atoms with E-state index >= 15 is 0 Å². The van der Waals surface area contributed by atoms with Crippen LogP contribution in [-0.4, -0.2) is 73.6 Å². The van der Waals surface area contributed by atoms with Crippen LogP contribution in [0.4, 0.5) is 11.8 Å². The summed E-state index contributed by atoms with van der Waals surface area (Å²) in [5.74, 6) is -2.55. The summed E-state index contributed by atoms with van der Waals surface area (Å²) in [6, 6.07) is 8.41. The molecule has 1 fully saturated rings. The summed E-state index contributed by atoms with van der Waals surface area (Å²) in [6.45, 7) is -7.35. The minimum absolute atomic E-state index is 0.0216. The summed E-state index contributed by atoms with van der Waals surface area (Å²) in [5, 5.41) is -0.0216. The van der Waals surface area contributed by atoms with Gasteiger partial charge in [-0.25, -0.2) is 4.98 Å². The normalized spacial score (nSPS) is 28.7. The summed E-state index contributed by atoms with van der Waals surface area (Å²) in [4.78, 5) is 23.0. The lowest BCUT2D eigenvalue weighted by molar-refractivity contribution is -0.141. The molecule has 0 saturated carbocycles. The summed E-state index contributed by atoms with van der Waals surface area (Å²) >= 11 is 0. The van der Waals surface area contributed by atoms with Crippen LogP contribution in [0, 0.1) is 0 Å². The molecule has 2 N–H and O–H groups in total. The highest BCUT2D eigenvalue weighted by atomic mass is 16.6. The van der Waals surface area contributed by atoms with Crippen molar-refractivity contribution in [3.8, 4) is 23.0 Å². The van der Waals surface area contributed by atoms with Crippen LogP contribution in [0.5, 0.6) is 23.0 Å². The first-order valence-corrected chi connectivity index (χ1v) is 9.67. The monoisotopic (exact) mass is 462 g/mol. The zero-order valence-electron chi connectivity index (χ0n) is 28.0. The molecule has 33 heavy (non-hydrogen) atoms. The number of rotatable bonds is 4. The smallest absolute Gasteiger partial charge is 0.267 e. The molecule has 0 aliphatic carbocycles. The number of para-hydroxylation sites is 2. The number of hydrogen-bond donors (Lipinski definition) is 1. The topological polar surface area (TPSA) is 112 Å². The van der Waals surface area contributed by atoms with Crippen LogP contribution < -0.4 is 29.6 Å². The second-order valence-electron chi connectivity index (χ2n) is 7.00. The molecular formula is C23H25N5O5. The van der Waals surface area contributed by atoms with Crippen LogP contribution in [0.25, 0.3) is 10.9 Å². The summed E-state index contributed by atoms with van der Waals surface area (Å²) < 4.78 is 109. The maximum Gasteiger partial charge on any atom is 0.267 e. The van der Waals surface area contributed by atoms with E-state index in [0.29, 0.717) is 10.6 Å². The van der Waals surface area contributed by atoms with Gasteiger partial charge in [-0.05, 0) is 18.2 Å². The van der Waals surface area contributed by atoms with Crippen LogP contribution in [0.3, 0.4) is 0 Å². The Bertz CT molecular complexity index is 1600. The van der Waals surface area contributed by atoms with Gasteiger partial charge in [-0.15, -0.1) is 0 Å². The van der Waals surface area contributed by atoms with E-state index < -0.39 is 76.2 Å². The molecule has 0 radical (unpaired) electrons. The minimum atomic E-state index is -3.02. The van der Waals surface area contributed by atoms with Crippen molar-refractivity contribution >= 4 is 28.6 Å². The number of piperazine rings is 1. The average molecular weight is 463 g/mol. The van der Waals surface area contributed by atoms with Gasteiger partial charge in [-0.1, -0.05) is 12.1 Å². The Balaban J connectivity index is 1.49. The number of nitrogen functional groups attached to an aromatic ring is 1. The second-order valence-corrected chi connectivity index (χ2v) is 7.00. The van der Waals surface area contributed by atoms with E-state index in [9.17, 15) is 4.79 Å². The zero-order valence-corrected chi connectivity index (χ0v) is 17.0. The first-order chi connectivity index (χ1) is 20.2. The zero-order chi connectivity index (χ0) is 32.5. The molecule has 172 valence electrons. The van der Waals surface area contributed by atoms with E-state index in [1.54, 1.807) is 18.2 Å². The average Bonchev–Trinajstić information content (AvgIpc) is 2.86. The molecule has 3 heterocycles. The van der Waals surface area contributed by atoms with Crippen LogP contribution in [0.2, 0.25) is 0 Å². The van der Waals surface area contributed by atoms with Crippen molar-refractivity contribution in [2.24, 2.45) is 0 Å². The molecule has 5 rings (SSSR count). The summed E-state index contributed by atoms with van der Waals surface area (Å²) in [5.41, 5.74) is 5.94. The number of benzene rings is 2. The summed E-state index contributed by atoms with van der Waals surface area (Å²) in [7, 11) is -6.01. The highest BCUT2D eigenvalue weighted by molar-refractivity contribution is 5.91. The molecule has 1 aromatic heterocycles. The number of carbonyl (C=O) groups excluding carboxylic acids is 1. The number of aromatic nitrogens is 2. The van der Waals surface area contributed by atoms with Crippen LogP contribution in [0.15, 0.2) is 36.4 Å². The quantitative estimate of drug-likeness (QED) is 0.619. The Morgan fingerprint density at radius 3 is 2.67 bits per heavy atom. The number of amides is 1. The second kappa shape index (κ2) is 8.53. The van der Waals surface area contributed by atoms with E-state index in [0.717, 1.165) is 17.0 Å². The van der Waals surface area contributed by atoms with Crippen molar-refractivity contribution < 1.29 is 38.8 Å². The number of carbonyl (C=O) groups is 1. The van der Waals surface area contributed by atoms with Crippen molar-refractivity contribution in [3.05, 3.63) is 36.4 Å². The van der Waals surface area contributed by atoms with Gasteiger partial charge in [-0.2, -0.15) is 4.98 Å². The summed E-state index contributed by atoms with van der Waals surface area (Å²) in [6.07, 6.45) is -2.32. The SMILES string of the molecule is [2H]C([2H])([2H])Oc1cc2nc(N3C([2H])([2H])CN(C(=O)C4([2H])COc5ccccc5O4)CC3([2H])[2H])nc(N)c2cc1OC([2H])([2H])[2H]. The van der Waals surface area contributed by atoms with Crippen molar-refractivity contribution in [1.82, 2.24) is 14.9 Å². The molecule has 3 aromatic rings. The molecule has 1 atom stereocenters. The standard InChI is InChI=1S/C23H25N5O5/c1-30-18-11-14-15(12-19(18)31-2)25-23(26-21(14)24)28-9-7-27(8-10-28)22(29)20-13-32-16-5-3-4-6-17(16)33-20/h3-6,11-12,20H,7-10,13H2,1-2H3,(H2,24,25,26)/i1D3,2D3,9D2,10D2,20D. The van der Waals surface area contributed by atoms with Crippen LogP contribution in [0.1, 0.15) is 15.1 Å². The fourth-order valence-corrected chi connectivity index (χ4v) is 3.36. The first kappa shape index (κ1) is 11.8. The molecule has 10 heteroatoms. The van der Waals surface area contributed by atoms with Gasteiger partial charge in [0.1, 0.15) is 12.4 Å². The number of methoxy groups -OCH3 is 2. The highest BCUT2D eigenvalue weighted by Crippen LogP contribution is 2.34.